The van der Waals surface area contributed by atoms with Crippen LogP contribution in [0.1, 0.15) is 44.2 Å². The lowest BCUT2D eigenvalue weighted by molar-refractivity contribution is -0.140. The van der Waals surface area contributed by atoms with Crippen LogP contribution in [0.25, 0.3) is 0 Å². The third kappa shape index (κ3) is 6.90. The number of rotatable bonds is 12. The number of ether oxygens (including phenoxy) is 2. The van der Waals surface area contributed by atoms with Gasteiger partial charge < -0.3 is 19.7 Å². The molecule has 2 aromatic carbocycles. The van der Waals surface area contributed by atoms with E-state index >= 15 is 0 Å². The highest BCUT2D eigenvalue weighted by atomic mass is 32.2. The van der Waals surface area contributed by atoms with Crippen molar-refractivity contribution in [3.63, 3.8) is 0 Å². The molecule has 0 saturated heterocycles. The van der Waals surface area contributed by atoms with Crippen LogP contribution in [-0.2, 0) is 26.2 Å². The number of hydrogen-bond acceptors (Lipinski definition) is 6. The summed E-state index contributed by atoms with van der Waals surface area (Å²) in [6.45, 7) is 6.12. The number of carbonyl (C=O) groups is 2. The number of nitrogens with zero attached hydrogens (tertiary/aromatic N) is 2. The van der Waals surface area contributed by atoms with Gasteiger partial charge in [-0.05, 0) is 37.5 Å². The molecule has 1 atom stereocenters. The van der Waals surface area contributed by atoms with Gasteiger partial charge in [-0.2, -0.15) is 0 Å². The van der Waals surface area contributed by atoms with E-state index in [0.717, 1.165) is 34.5 Å². The number of anilines is 1. The SMILES string of the molecule is CCCCNC(=O)[C@@H](CC)N(Cc1cccc(C)c1)C(=O)CN(c1ccc2c(c1)OCO2)S(C)(=O)=O. The zero-order chi connectivity index (χ0) is 26.3. The topological polar surface area (TPSA) is 105 Å². The number of nitrogens with one attached hydrogen (secondary N) is 1. The average molecular weight is 518 g/mol. The number of carbonyl (C=O) groups excluding carboxylic acids is 2. The fourth-order valence-electron chi connectivity index (χ4n) is 4.09. The quantitative estimate of drug-likeness (QED) is 0.434. The number of aryl methyl sites for hydroxylation is 1. The van der Waals surface area contributed by atoms with Crippen LogP contribution in [0, 0.1) is 6.92 Å². The van der Waals surface area contributed by atoms with E-state index in [0.29, 0.717) is 24.5 Å². The van der Waals surface area contributed by atoms with E-state index in [1.54, 1.807) is 12.1 Å². The smallest absolute Gasteiger partial charge is 0.244 e. The van der Waals surface area contributed by atoms with E-state index in [1.807, 2.05) is 45.0 Å². The Morgan fingerprint density at radius 2 is 1.83 bits per heavy atom. The van der Waals surface area contributed by atoms with E-state index in [2.05, 4.69) is 5.32 Å². The molecule has 1 aliphatic rings. The number of hydrogen-bond donors (Lipinski definition) is 1. The van der Waals surface area contributed by atoms with E-state index < -0.39 is 28.5 Å². The fourth-order valence-corrected chi connectivity index (χ4v) is 4.93. The Morgan fingerprint density at radius 1 is 1.08 bits per heavy atom. The van der Waals surface area contributed by atoms with Crippen molar-refractivity contribution in [3.05, 3.63) is 53.6 Å². The lowest BCUT2D eigenvalue weighted by Crippen LogP contribution is -2.52. The van der Waals surface area contributed by atoms with Crippen molar-refractivity contribution in [2.75, 3.05) is 30.4 Å². The number of unbranched alkanes of at least 4 members (excludes halogenated alkanes) is 1. The highest BCUT2D eigenvalue weighted by Crippen LogP contribution is 2.36. The van der Waals surface area contributed by atoms with Gasteiger partial charge in [0.05, 0.1) is 11.9 Å². The summed E-state index contributed by atoms with van der Waals surface area (Å²) in [5, 5.41) is 2.92. The molecule has 0 saturated carbocycles. The number of benzene rings is 2. The molecule has 10 heteroatoms. The standard InChI is InChI=1S/C26H35N3O6S/c1-5-7-13-27-26(31)22(6-2)28(16-20-10-8-9-19(3)14-20)25(30)17-29(36(4,32)33)21-11-12-23-24(15-21)35-18-34-23/h8-12,14-15,22H,5-7,13,16-18H2,1-4H3,(H,27,31)/t22-/m1/s1. The van der Waals surface area contributed by atoms with Gasteiger partial charge >= 0.3 is 0 Å². The van der Waals surface area contributed by atoms with Crippen molar-refractivity contribution < 1.29 is 27.5 Å². The molecule has 0 radical (unpaired) electrons. The molecule has 36 heavy (non-hydrogen) atoms. The molecule has 3 rings (SSSR count). The maximum absolute atomic E-state index is 13.7. The molecule has 2 amide bonds. The lowest BCUT2D eigenvalue weighted by Gasteiger charge is -2.33. The van der Waals surface area contributed by atoms with Gasteiger partial charge in [0, 0.05) is 19.2 Å². The van der Waals surface area contributed by atoms with Crippen molar-refractivity contribution in [1.29, 1.82) is 0 Å². The predicted molar refractivity (Wildman–Crippen MR) is 138 cm³/mol. The molecule has 0 unspecified atom stereocenters. The molecule has 9 nitrogen and oxygen atoms in total. The molecule has 196 valence electrons. The van der Waals surface area contributed by atoms with Gasteiger partial charge in [0.25, 0.3) is 0 Å². The van der Waals surface area contributed by atoms with Gasteiger partial charge in [-0.1, -0.05) is 50.1 Å². The first kappa shape index (κ1) is 27.3. The maximum Gasteiger partial charge on any atom is 0.244 e. The van der Waals surface area contributed by atoms with Gasteiger partial charge in [0.1, 0.15) is 12.6 Å². The normalized spacial score (nSPS) is 13.2. The summed E-state index contributed by atoms with van der Waals surface area (Å²) >= 11 is 0. The first-order valence-electron chi connectivity index (χ1n) is 12.1. The Hall–Kier alpha value is -3.27. The minimum Gasteiger partial charge on any atom is -0.454 e. The fraction of sp³-hybridized carbons (Fsp3) is 0.462. The number of sulfonamides is 1. The summed E-state index contributed by atoms with van der Waals surface area (Å²) in [4.78, 5) is 28.3. The molecule has 1 heterocycles. The zero-order valence-corrected chi connectivity index (χ0v) is 22.1. The van der Waals surface area contributed by atoms with Crippen LogP contribution in [-0.4, -0.2) is 57.3 Å². The van der Waals surface area contributed by atoms with Crippen LogP contribution < -0.4 is 19.1 Å². The molecule has 2 aromatic rings. The van der Waals surface area contributed by atoms with Crippen molar-refractivity contribution in [1.82, 2.24) is 10.2 Å². The highest BCUT2D eigenvalue weighted by Gasteiger charge is 2.32. The van der Waals surface area contributed by atoms with Crippen LogP contribution in [0.3, 0.4) is 0 Å². The molecular weight excluding hydrogens is 482 g/mol. The zero-order valence-electron chi connectivity index (χ0n) is 21.3. The van der Waals surface area contributed by atoms with Crippen molar-refractivity contribution >= 4 is 27.5 Å². The second-order valence-corrected chi connectivity index (χ2v) is 10.8. The first-order valence-corrected chi connectivity index (χ1v) is 14.0. The predicted octanol–water partition coefficient (Wildman–Crippen LogP) is 3.21. The molecule has 0 aromatic heterocycles. The summed E-state index contributed by atoms with van der Waals surface area (Å²) in [5.74, 6) is 0.194. The average Bonchev–Trinajstić information content (AvgIpc) is 3.29. The number of fused-ring (bicyclic) bond motifs is 1. The third-order valence-corrected chi connectivity index (χ3v) is 7.11. The molecule has 0 bridgehead atoms. The van der Waals surface area contributed by atoms with Crippen molar-refractivity contribution in [2.24, 2.45) is 0 Å². The monoisotopic (exact) mass is 517 g/mol. The molecule has 0 spiro atoms. The van der Waals surface area contributed by atoms with E-state index in [-0.39, 0.29) is 24.9 Å². The second-order valence-electron chi connectivity index (χ2n) is 8.89. The number of amides is 2. The summed E-state index contributed by atoms with van der Waals surface area (Å²) in [7, 11) is -3.82. The molecule has 1 aliphatic heterocycles. The van der Waals surface area contributed by atoms with Crippen molar-refractivity contribution in [2.45, 2.75) is 52.6 Å². The molecule has 0 aliphatic carbocycles. The van der Waals surface area contributed by atoms with Crippen LogP contribution in [0.5, 0.6) is 11.5 Å². The Labute approximate surface area is 213 Å². The van der Waals surface area contributed by atoms with Crippen LogP contribution in [0.15, 0.2) is 42.5 Å². The first-order chi connectivity index (χ1) is 17.1. The second kappa shape index (κ2) is 12.1. The third-order valence-electron chi connectivity index (χ3n) is 5.97. The molecular formula is C26H35N3O6S. The molecule has 1 N–H and O–H groups in total. The Balaban J connectivity index is 1.92. The summed E-state index contributed by atoms with van der Waals surface area (Å²) in [5.41, 5.74) is 2.17. The Bertz CT molecular complexity index is 1180. The minimum atomic E-state index is -3.82. The van der Waals surface area contributed by atoms with Crippen LogP contribution in [0.2, 0.25) is 0 Å². The summed E-state index contributed by atoms with van der Waals surface area (Å²) in [6.07, 6.45) is 3.20. The van der Waals surface area contributed by atoms with E-state index in [1.165, 1.54) is 11.0 Å². The minimum absolute atomic E-state index is 0.0478. The maximum atomic E-state index is 13.7. The van der Waals surface area contributed by atoms with Gasteiger partial charge in [-0.15, -0.1) is 0 Å². The lowest BCUT2D eigenvalue weighted by atomic mass is 10.1. The summed E-state index contributed by atoms with van der Waals surface area (Å²) < 4.78 is 37.2. The van der Waals surface area contributed by atoms with Gasteiger partial charge in [-0.3, -0.25) is 13.9 Å². The largest absolute Gasteiger partial charge is 0.454 e. The van der Waals surface area contributed by atoms with Crippen molar-refractivity contribution in [3.8, 4) is 11.5 Å². The van der Waals surface area contributed by atoms with Gasteiger partial charge in [0.2, 0.25) is 28.6 Å². The van der Waals surface area contributed by atoms with E-state index in [4.69, 9.17) is 9.47 Å². The highest BCUT2D eigenvalue weighted by molar-refractivity contribution is 7.92. The summed E-state index contributed by atoms with van der Waals surface area (Å²) in [6, 6.07) is 11.7. The van der Waals surface area contributed by atoms with Gasteiger partial charge in [-0.25, -0.2) is 8.42 Å². The molecule has 0 fully saturated rings. The van der Waals surface area contributed by atoms with E-state index in [9.17, 15) is 18.0 Å². The van der Waals surface area contributed by atoms with Gasteiger partial charge in [0.15, 0.2) is 11.5 Å². The Kier molecular flexibility index (Phi) is 9.19. The van der Waals surface area contributed by atoms with Crippen LogP contribution >= 0.6 is 0 Å². The Morgan fingerprint density at radius 3 is 2.50 bits per heavy atom. The van der Waals surface area contributed by atoms with Crippen LogP contribution in [0.4, 0.5) is 5.69 Å².